The Bertz CT molecular complexity index is 804. The Morgan fingerprint density at radius 2 is 1.63 bits per heavy atom. The fourth-order valence-electron chi connectivity index (χ4n) is 3.20. The van der Waals surface area contributed by atoms with Gasteiger partial charge in [-0.2, -0.15) is 0 Å². The molecule has 0 N–H and O–H groups in total. The van der Waals surface area contributed by atoms with Crippen LogP contribution in [0.15, 0.2) is 61.2 Å². The minimum Gasteiger partial charge on any atom is -0.335 e. The van der Waals surface area contributed by atoms with Gasteiger partial charge in [-0.25, -0.2) is 4.98 Å². The van der Waals surface area contributed by atoms with Gasteiger partial charge in [0.1, 0.15) is 4.08 Å². The van der Waals surface area contributed by atoms with Crippen LogP contribution in [-0.4, -0.2) is 21.1 Å². The lowest BCUT2D eigenvalue weighted by Gasteiger charge is -2.34. The van der Waals surface area contributed by atoms with Crippen LogP contribution in [0, 0.1) is 0 Å². The molecular formula is C23H30N2S2. The standard InChI is InChI=1S/C23H30N2S2/c1-3-5-15-26-23(27-16-6-4-2,18-25-14-13-24-19-25)22-12-11-20-9-7-8-10-21(20)17-22/h7-14,17,19H,3-6,15-16,18H2,1-2H3. The maximum atomic E-state index is 4.29. The van der Waals surface area contributed by atoms with Crippen molar-refractivity contribution in [1.82, 2.24) is 9.55 Å². The molecule has 0 atom stereocenters. The zero-order chi connectivity index (χ0) is 19.0. The molecule has 0 radical (unpaired) electrons. The normalized spacial score (nSPS) is 11.9. The van der Waals surface area contributed by atoms with E-state index in [2.05, 4.69) is 95.6 Å². The first-order chi connectivity index (χ1) is 13.3. The predicted molar refractivity (Wildman–Crippen MR) is 123 cm³/mol. The van der Waals surface area contributed by atoms with E-state index in [0.717, 1.165) is 6.54 Å². The van der Waals surface area contributed by atoms with Crippen LogP contribution in [0.25, 0.3) is 10.8 Å². The third-order valence-electron chi connectivity index (χ3n) is 4.81. The van der Waals surface area contributed by atoms with Crippen molar-refractivity contribution in [2.75, 3.05) is 11.5 Å². The van der Waals surface area contributed by atoms with Crippen LogP contribution in [0.2, 0.25) is 0 Å². The first-order valence-electron chi connectivity index (χ1n) is 10.0. The lowest BCUT2D eigenvalue weighted by atomic mass is 10.0. The Morgan fingerprint density at radius 3 is 2.26 bits per heavy atom. The highest BCUT2D eigenvalue weighted by molar-refractivity contribution is 8.17. The molecular weight excluding hydrogens is 368 g/mol. The Morgan fingerprint density at radius 1 is 0.926 bits per heavy atom. The number of nitrogens with zero attached hydrogens (tertiary/aromatic N) is 2. The van der Waals surface area contributed by atoms with E-state index in [9.17, 15) is 0 Å². The first kappa shape index (κ1) is 20.3. The minimum absolute atomic E-state index is 0.0229. The molecule has 0 saturated heterocycles. The largest absolute Gasteiger partial charge is 0.335 e. The number of fused-ring (bicyclic) bond motifs is 1. The molecule has 1 aromatic heterocycles. The van der Waals surface area contributed by atoms with Gasteiger partial charge in [-0.1, -0.05) is 63.1 Å². The Kier molecular flexibility index (Phi) is 7.71. The van der Waals surface area contributed by atoms with Crippen molar-refractivity contribution in [3.63, 3.8) is 0 Å². The Balaban J connectivity index is 1.99. The summed E-state index contributed by atoms with van der Waals surface area (Å²) in [6, 6.07) is 15.7. The van der Waals surface area contributed by atoms with Crippen LogP contribution in [0.1, 0.15) is 45.1 Å². The highest BCUT2D eigenvalue weighted by Crippen LogP contribution is 2.49. The van der Waals surface area contributed by atoms with E-state index >= 15 is 0 Å². The smallest absolute Gasteiger partial charge is 0.104 e. The van der Waals surface area contributed by atoms with Gasteiger partial charge in [0, 0.05) is 12.4 Å². The quantitative estimate of drug-likeness (QED) is 0.257. The topological polar surface area (TPSA) is 17.8 Å². The summed E-state index contributed by atoms with van der Waals surface area (Å²) >= 11 is 4.24. The van der Waals surface area contributed by atoms with Crippen molar-refractivity contribution in [2.45, 2.75) is 50.2 Å². The molecule has 0 saturated carbocycles. The van der Waals surface area contributed by atoms with Gasteiger partial charge in [0.05, 0.1) is 12.9 Å². The third-order valence-corrected chi connectivity index (χ3v) is 8.16. The van der Waals surface area contributed by atoms with Gasteiger partial charge in [0.2, 0.25) is 0 Å². The van der Waals surface area contributed by atoms with Gasteiger partial charge in [-0.15, -0.1) is 23.5 Å². The van der Waals surface area contributed by atoms with Gasteiger partial charge in [-0.3, -0.25) is 0 Å². The molecule has 0 fully saturated rings. The zero-order valence-electron chi connectivity index (χ0n) is 16.4. The second-order valence-electron chi connectivity index (χ2n) is 6.95. The van der Waals surface area contributed by atoms with E-state index < -0.39 is 0 Å². The summed E-state index contributed by atoms with van der Waals surface area (Å²) in [5.74, 6) is 2.38. The number of benzene rings is 2. The van der Waals surface area contributed by atoms with Crippen LogP contribution in [-0.2, 0) is 10.6 Å². The number of thioether (sulfide) groups is 2. The summed E-state index contributed by atoms with van der Waals surface area (Å²) in [5.41, 5.74) is 1.43. The van der Waals surface area contributed by atoms with Gasteiger partial charge in [-0.05, 0) is 46.7 Å². The van der Waals surface area contributed by atoms with Crippen molar-refractivity contribution >= 4 is 34.3 Å². The Hall–Kier alpha value is -1.39. The minimum atomic E-state index is 0.0229. The first-order valence-corrected chi connectivity index (χ1v) is 12.0. The van der Waals surface area contributed by atoms with Gasteiger partial charge < -0.3 is 4.57 Å². The monoisotopic (exact) mass is 398 g/mol. The van der Waals surface area contributed by atoms with Gasteiger partial charge in [0.15, 0.2) is 0 Å². The fourth-order valence-corrected chi connectivity index (χ4v) is 6.63. The maximum absolute atomic E-state index is 4.29. The van der Waals surface area contributed by atoms with Gasteiger partial charge >= 0.3 is 0 Å². The lowest BCUT2D eigenvalue weighted by molar-refractivity contribution is 0.647. The van der Waals surface area contributed by atoms with Crippen LogP contribution in [0.5, 0.6) is 0 Å². The summed E-state index contributed by atoms with van der Waals surface area (Å²) in [6.07, 6.45) is 10.9. The molecule has 2 aromatic carbocycles. The highest BCUT2D eigenvalue weighted by Gasteiger charge is 2.34. The zero-order valence-corrected chi connectivity index (χ0v) is 18.1. The summed E-state index contributed by atoms with van der Waals surface area (Å²) < 4.78 is 2.27. The summed E-state index contributed by atoms with van der Waals surface area (Å²) in [7, 11) is 0. The van der Waals surface area contributed by atoms with Crippen molar-refractivity contribution < 1.29 is 0 Å². The van der Waals surface area contributed by atoms with Crippen molar-refractivity contribution in [3.8, 4) is 0 Å². The molecule has 4 heteroatoms. The molecule has 0 aliphatic rings. The molecule has 3 rings (SSSR count). The average Bonchev–Trinajstić information content (AvgIpc) is 3.20. The fraction of sp³-hybridized carbons (Fsp3) is 0.435. The number of aromatic nitrogens is 2. The SMILES string of the molecule is CCCCSC(Cn1ccnc1)(SCCCC)c1ccc2ccccc2c1. The number of unbranched alkanes of at least 4 members (excludes halogenated alkanes) is 2. The highest BCUT2D eigenvalue weighted by atomic mass is 32.2. The maximum Gasteiger partial charge on any atom is 0.104 e. The van der Waals surface area contributed by atoms with Crippen LogP contribution in [0.4, 0.5) is 0 Å². The summed E-state index contributed by atoms with van der Waals surface area (Å²) in [5, 5.41) is 2.65. The summed E-state index contributed by atoms with van der Waals surface area (Å²) in [4.78, 5) is 4.29. The van der Waals surface area contributed by atoms with E-state index in [1.807, 2.05) is 12.5 Å². The summed E-state index contributed by atoms with van der Waals surface area (Å²) in [6.45, 7) is 5.50. The molecule has 144 valence electrons. The van der Waals surface area contributed by atoms with Crippen molar-refractivity contribution in [2.24, 2.45) is 0 Å². The van der Waals surface area contributed by atoms with Crippen molar-refractivity contribution in [3.05, 3.63) is 66.7 Å². The van der Waals surface area contributed by atoms with E-state index in [-0.39, 0.29) is 4.08 Å². The molecule has 2 nitrogen and oxygen atoms in total. The second kappa shape index (κ2) is 10.2. The second-order valence-corrected chi connectivity index (χ2v) is 10.00. The average molecular weight is 399 g/mol. The number of rotatable bonds is 11. The van der Waals surface area contributed by atoms with Crippen LogP contribution in [0.3, 0.4) is 0 Å². The molecule has 0 aliphatic carbocycles. The molecule has 0 spiro atoms. The van der Waals surface area contributed by atoms with Crippen LogP contribution < -0.4 is 0 Å². The number of hydrogen-bond acceptors (Lipinski definition) is 3. The van der Waals surface area contributed by atoms with E-state index in [4.69, 9.17) is 0 Å². The molecule has 0 bridgehead atoms. The number of hydrogen-bond donors (Lipinski definition) is 0. The molecule has 27 heavy (non-hydrogen) atoms. The van der Waals surface area contributed by atoms with Crippen LogP contribution >= 0.6 is 23.5 Å². The van der Waals surface area contributed by atoms with Gasteiger partial charge in [0.25, 0.3) is 0 Å². The van der Waals surface area contributed by atoms with E-state index in [1.54, 1.807) is 0 Å². The number of imidazole rings is 1. The molecule has 0 unspecified atom stereocenters. The van der Waals surface area contributed by atoms with E-state index in [0.29, 0.717) is 0 Å². The van der Waals surface area contributed by atoms with Crippen molar-refractivity contribution in [1.29, 1.82) is 0 Å². The lowest BCUT2D eigenvalue weighted by Crippen LogP contribution is -2.25. The molecule has 3 aromatic rings. The molecule has 0 aliphatic heterocycles. The predicted octanol–water partition coefficient (Wildman–Crippen LogP) is 6.96. The molecule has 0 amide bonds. The molecule has 1 heterocycles. The third kappa shape index (κ3) is 5.32. The Labute approximate surface area is 172 Å². The van der Waals surface area contributed by atoms with E-state index in [1.165, 1.54) is 53.5 Å².